The van der Waals surface area contributed by atoms with Crippen LogP contribution in [0.15, 0.2) is 158 Å². The van der Waals surface area contributed by atoms with Gasteiger partial charge in [-0.15, -0.1) is 0 Å². The summed E-state index contributed by atoms with van der Waals surface area (Å²) in [5.74, 6) is 0. The monoisotopic (exact) mass is 560 g/mol. The second-order valence-corrected chi connectivity index (χ2v) is 11.9. The summed E-state index contributed by atoms with van der Waals surface area (Å²) in [6.07, 6.45) is 0. The summed E-state index contributed by atoms with van der Waals surface area (Å²) >= 11 is 0. The Kier molecular flexibility index (Phi) is 6.35. The Morgan fingerprint density at radius 1 is 0.295 bits per heavy atom. The third-order valence-corrected chi connectivity index (χ3v) is 8.91. The molecule has 44 heavy (non-hydrogen) atoms. The lowest BCUT2D eigenvalue weighted by atomic mass is 9.83. The Hall–Kier alpha value is -5.46. The second-order valence-electron chi connectivity index (χ2n) is 11.9. The average Bonchev–Trinajstić information content (AvgIpc) is 3.07. The molecule has 0 nitrogen and oxygen atoms in total. The van der Waals surface area contributed by atoms with E-state index in [0.717, 1.165) is 0 Å². The molecule has 8 rings (SSSR count). The highest BCUT2D eigenvalue weighted by atomic mass is 14.2. The Bertz CT molecular complexity index is 2230. The summed E-state index contributed by atoms with van der Waals surface area (Å²) in [6.45, 7) is 4.34. The molecule has 0 amide bonds. The molecule has 0 aliphatic heterocycles. The molecule has 8 aromatic rings. The minimum atomic E-state index is 1.23. The van der Waals surface area contributed by atoms with Gasteiger partial charge in [-0.1, -0.05) is 151 Å². The zero-order valence-electron chi connectivity index (χ0n) is 25.0. The van der Waals surface area contributed by atoms with Crippen LogP contribution in [-0.4, -0.2) is 0 Å². The molecule has 0 saturated carbocycles. The zero-order valence-corrected chi connectivity index (χ0v) is 25.0. The molecule has 0 aromatic heterocycles. The van der Waals surface area contributed by atoms with E-state index in [1.807, 2.05) is 0 Å². The quantitative estimate of drug-likeness (QED) is 0.188. The smallest absolute Gasteiger partial charge is 0.00201 e. The van der Waals surface area contributed by atoms with E-state index in [1.54, 1.807) is 0 Å². The van der Waals surface area contributed by atoms with Crippen LogP contribution in [0.5, 0.6) is 0 Å². The largest absolute Gasteiger partial charge is 0.0616 e. The van der Waals surface area contributed by atoms with Gasteiger partial charge in [0.05, 0.1) is 0 Å². The van der Waals surface area contributed by atoms with Gasteiger partial charge in [0.1, 0.15) is 0 Å². The highest BCUT2D eigenvalue weighted by molar-refractivity contribution is 6.23. The van der Waals surface area contributed by atoms with Crippen molar-refractivity contribution >= 4 is 32.3 Å². The van der Waals surface area contributed by atoms with E-state index in [9.17, 15) is 0 Å². The van der Waals surface area contributed by atoms with E-state index >= 15 is 0 Å². The Morgan fingerprint density at radius 3 is 1.27 bits per heavy atom. The maximum absolute atomic E-state index is 2.39. The summed E-state index contributed by atoms with van der Waals surface area (Å²) in [5, 5.41) is 7.62. The van der Waals surface area contributed by atoms with Gasteiger partial charge in [0.15, 0.2) is 0 Å². The third kappa shape index (κ3) is 4.48. The van der Waals surface area contributed by atoms with Crippen molar-refractivity contribution in [2.24, 2.45) is 0 Å². The number of fused-ring (bicyclic) bond motifs is 3. The lowest BCUT2D eigenvalue weighted by molar-refractivity contribution is 1.46. The predicted octanol–water partition coefficient (Wildman–Crippen LogP) is 12.4. The molecule has 0 heterocycles. The number of aryl methyl sites for hydroxylation is 2. The van der Waals surface area contributed by atoms with Crippen molar-refractivity contribution in [3.8, 4) is 44.5 Å². The highest BCUT2D eigenvalue weighted by Gasteiger charge is 2.19. The molecule has 0 aliphatic carbocycles. The van der Waals surface area contributed by atoms with Gasteiger partial charge in [-0.3, -0.25) is 0 Å². The standard InChI is InChI=1S/C44H32/c1-29-12-9-16-32(24-29)34-26-35(33-17-10-13-30(2)25-33)28-36(27-34)43-39-19-5-7-21-41(39)44(42-22-8-6-20-40(42)43)38-23-11-15-31-14-3-4-18-37(31)38/h3-28H,1-2H3. The fourth-order valence-electron chi connectivity index (χ4n) is 6.93. The topological polar surface area (TPSA) is 0 Å². The first-order valence-corrected chi connectivity index (χ1v) is 15.4. The average molecular weight is 561 g/mol. The van der Waals surface area contributed by atoms with Gasteiger partial charge in [0.2, 0.25) is 0 Å². The Balaban J connectivity index is 1.49. The van der Waals surface area contributed by atoms with Crippen LogP contribution in [-0.2, 0) is 0 Å². The van der Waals surface area contributed by atoms with E-state index in [1.165, 1.54) is 88.0 Å². The number of hydrogen-bond acceptors (Lipinski definition) is 0. The van der Waals surface area contributed by atoms with Crippen molar-refractivity contribution in [1.82, 2.24) is 0 Å². The molecule has 0 spiro atoms. The molecule has 0 heteroatoms. The predicted molar refractivity (Wildman–Crippen MR) is 190 cm³/mol. The van der Waals surface area contributed by atoms with E-state index in [2.05, 4.69) is 172 Å². The lowest BCUT2D eigenvalue weighted by Crippen LogP contribution is -1.93. The van der Waals surface area contributed by atoms with Gasteiger partial charge in [-0.2, -0.15) is 0 Å². The van der Waals surface area contributed by atoms with Crippen LogP contribution in [0.2, 0.25) is 0 Å². The third-order valence-electron chi connectivity index (χ3n) is 8.91. The first kappa shape index (κ1) is 26.2. The summed E-state index contributed by atoms with van der Waals surface area (Å²) in [7, 11) is 0. The highest BCUT2D eigenvalue weighted by Crippen LogP contribution is 2.46. The van der Waals surface area contributed by atoms with Crippen molar-refractivity contribution in [3.05, 3.63) is 169 Å². The Labute approximate surface area is 258 Å². The number of rotatable bonds is 4. The van der Waals surface area contributed by atoms with Gasteiger partial charge in [0.25, 0.3) is 0 Å². The van der Waals surface area contributed by atoms with Gasteiger partial charge in [-0.05, 0) is 109 Å². The SMILES string of the molecule is Cc1cccc(-c2cc(-c3cccc(C)c3)cc(-c3c4ccccc4c(-c4cccc5ccccc45)c4ccccc34)c2)c1. The van der Waals surface area contributed by atoms with Gasteiger partial charge >= 0.3 is 0 Å². The van der Waals surface area contributed by atoms with Crippen LogP contribution in [0.25, 0.3) is 76.8 Å². The van der Waals surface area contributed by atoms with Crippen molar-refractivity contribution in [2.45, 2.75) is 13.8 Å². The van der Waals surface area contributed by atoms with Crippen LogP contribution < -0.4 is 0 Å². The molecule has 0 unspecified atom stereocenters. The minimum Gasteiger partial charge on any atom is -0.0616 e. The normalized spacial score (nSPS) is 11.4. The maximum atomic E-state index is 2.39. The summed E-state index contributed by atoms with van der Waals surface area (Å²) < 4.78 is 0. The molecule has 208 valence electrons. The molecule has 0 radical (unpaired) electrons. The van der Waals surface area contributed by atoms with E-state index in [0.29, 0.717) is 0 Å². The van der Waals surface area contributed by atoms with Crippen molar-refractivity contribution in [2.75, 3.05) is 0 Å². The number of hydrogen-bond donors (Lipinski definition) is 0. The van der Waals surface area contributed by atoms with Crippen LogP contribution in [0.1, 0.15) is 11.1 Å². The summed E-state index contributed by atoms with van der Waals surface area (Å²) in [5.41, 5.74) is 12.6. The lowest BCUT2D eigenvalue weighted by Gasteiger charge is -2.20. The van der Waals surface area contributed by atoms with Gasteiger partial charge in [-0.25, -0.2) is 0 Å². The first-order chi connectivity index (χ1) is 21.6. The van der Waals surface area contributed by atoms with Crippen molar-refractivity contribution in [3.63, 3.8) is 0 Å². The van der Waals surface area contributed by atoms with Gasteiger partial charge < -0.3 is 0 Å². The molecular weight excluding hydrogens is 528 g/mol. The fourth-order valence-corrected chi connectivity index (χ4v) is 6.93. The fraction of sp³-hybridized carbons (Fsp3) is 0.0455. The molecule has 0 bridgehead atoms. The molecule has 0 aliphatic rings. The zero-order chi connectivity index (χ0) is 29.6. The van der Waals surface area contributed by atoms with Crippen molar-refractivity contribution < 1.29 is 0 Å². The first-order valence-electron chi connectivity index (χ1n) is 15.4. The summed E-state index contributed by atoms with van der Waals surface area (Å²) in [4.78, 5) is 0. The van der Waals surface area contributed by atoms with Crippen LogP contribution in [0, 0.1) is 13.8 Å². The van der Waals surface area contributed by atoms with Crippen LogP contribution in [0.4, 0.5) is 0 Å². The molecule has 8 aromatic carbocycles. The molecule has 0 saturated heterocycles. The Morgan fingerprint density at radius 2 is 0.727 bits per heavy atom. The summed E-state index contributed by atoms with van der Waals surface area (Å²) in [6, 6.07) is 58.2. The molecule has 0 fully saturated rings. The molecule has 0 atom stereocenters. The minimum absolute atomic E-state index is 1.23. The maximum Gasteiger partial charge on any atom is -0.00201 e. The second kappa shape index (κ2) is 10.7. The molecular formula is C44H32. The van der Waals surface area contributed by atoms with E-state index in [-0.39, 0.29) is 0 Å². The van der Waals surface area contributed by atoms with Crippen LogP contribution in [0.3, 0.4) is 0 Å². The number of benzene rings is 8. The van der Waals surface area contributed by atoms with E-state index < -0.39 is 0 Å². The van der Waals surface area contributed by atoms with Crippen molar-refractivity contribution in [1.29, 1.82) is 0 Å². The van der Waals surface area contributed by atoms with Gasteiger partial charge in [0, 0.05) is 0 Å². The van der Waals surface area contributed by atoms with E-state index in [4.69, 9.17) is 0 Å². The molecule has 0 N–H and O–H groups in total. The van der Waals surface area contributed by atoms with Crippen LogP contribution >= 0.6 is 0 Å².